The minimum absolute atomic E-state index is 0.0752. The molecule has 1 aromatic heterocycles. The summed E-state index contributed by atoms with van der Waals surface area (Å²) in [5, 5.41) is 4.52. The molecule has 2 aromatic rings. The van der Waals surface area contributed by atoms with Gasteiger partial charge < -0.3 is 0 Å². The molecule has 3 rings (SSSR count). The molecule has 0 aliphatic carbocycles. The van der Waals surface area contributed by atoms with Crippen molar-refractivity contribution in [3.05, 3.63) is 41.7 Å². The number of nitrogens with zero attached hydrogens (tertiary/aromatic N) is 2. The normalized spacial score (nSPS) is 19.1. The fraction of sp³-hybridized carbons (Fsp3) is 0.400. The lowest BCUT2D eigenvalue weighted by molar-refractivity contribution is 0.275. The first-order chi connectivity index (χ1) is 8.35. The molecule has 3 heteroatoms. The SMILES string of the molecule is Bc1ccc2c(c1)-n1nccc1C(C)(C)C2(C)C. The molecule has 0 atom stereocenters. The van der Waals surface area contributed by atoms with Gasteiger partial charge in [-0.3, -0.25) is 0 Å². The summed E-state index contributed by atoms with van der Waals surface area (Å²) in [6, 6.07) is 8.85. The van der Waals surface area contributed by atoms with E-state index in [1.807, 2.05) is 6.20 Å². The standard InChI is InChI=1S/C15H19BN2/c1-14(2)11-6-5-10(16)9-12(11)18-13(7-8-17-18)15(14,3)4/h5-9H,16H2,1-4H3. The Labute approximate surface area is 109 Å². The van der Waals surface area contributed by atoms with Gasteiger partial charge in [-0.1, -0.05) is 45.3 Å². The first-order valence-corrected chi connectivity index (χ1v) is 6.52. The summed E-state index contributed by atoms with van der Waals surface area (Å²) < 4.78 is 2.10. The second-order valence-electron chi connectivity index (χ2n) is 6.40. The van der Waals surface area contributed by atoms with Crippen LogP contribution in [0.15, 0.2) is 30.5 Å². The van der Waals surface area contributed by atoms with Crippen LogP contribution in [0.4, 0.5) is 0 Å². The van der Waals surface area contributed by atoms with Gasteiger partial charge in [0, 0.05) is 17.0 Å². The first-order valence-electron chi connectivity index (χ1n) is 6.52. The summed E-state index contributed by atoms with van der Waals surface area (Å²) in [4.78, 5) is 0. The molecule has 92 valence electrons. The van der Waals surface area contributed by atoms with Crippen LogP contribution < -0.4 is 5.46 Å². The smallest absolute Gasteiger partial charge is 0.139 e. The van der Waals surface area contributed by atoms with E-state index in [0.717, 1.165) is 0 Å². The molecule has 1 aromatic carbocycles. The third-order valence-corrected chi connectivity index (χ3v) is 4.90. The third-order valence-electron chi connectivity index (χ3n) is 4.90. The molecule has 2 nitrogen and oxygen atoms in total. The monoisotopic (exact) mass is 238 g/mol. The second-order valence-corrected chi connectivity index (χ2v) is 6.40. The zero-order valence-corrected chi connectivity index (χ0v) is 11.8. The highest BCUT2D eigenvalue weighted by Crippen LogP contribution is 2.49. The molecule has 0 radical (unpaired) electrons. The van der Waals surface area contributed by atoms with Crippen molar-refractivity contribution >= 4 is 13.3 Å². The maximum absolute atomic E-state index is 4.52. The topological polar surface area (TPSA) is 17.8 Å². The quantitative estimate of drug-likeness (QED) is 0.639. The van der Waals surface area contributed by atoms with Crippen molar-refractivity contribution in [3.63, 3.8) is 0 Å². The van der Waals surface area contributed by atoms with Crippen LogP contribution in [0.3, 0.4) is 0 Å². The molecule has 0 N–H and O–H groups in total. The highest BCUT2D eigenvalue weighted by Gasteiger charge is 2.46. The van der Waals surface area contributed by atoms with Crippen molar-refractivity contribution in [1.82, 2.24) is 9.78 Å². The molecule has 1 aliphatic heterocycles. The minimum atomic E-state index is 0.0752. The van der Waals surface area contributed by atoms with E-state index < -0.39 is 0 Å². The highest BCUT2D eigenvalue weighted by atomic mass is 15.3. The highest BCUT2D eigenvalue weighted by molar-refractivity contribution is 6.32. The van der Waals surface area contributed by atoms with Crippen LogP contribution in [0.5, 0.6) is 0 Å². The Morgan fingerprint density at radius 2 is 1.78 bits per heavy atom. The van der Waals surface area contributed by atoms with Gasteiger partial charge in [0.05, 0.1) is 11.4 Å². The molecule has 0 saturated carbocycles. The molecule has 0 bridgehead atoms. The van der Waals surface area contributed by atoms with E-state index >= 15 is 0 Å². The van der Waals surface area contributed by atoms with Crippen molar-refractivity contribution in [2.75, 3.05) is 0 Å². The van der Waals surface area contributed by atoms with Gasteiger partial charge in [0.15, 0.2) is 0 Å². The first kappa shape index (κ1) is 11.6. The van der Waals surface area contributed by atoms with Crippen LogP contribution in [0.2, 0.25) is 0 Å². The lowest BCUT2D eigenvalue weighted by Crippen LogP contribution is -2.46. The predicted molar refractivity (Wildman–Crippen MR) is 77.8 cm³/mol. The molecule has 0 saturated heterocycles. The number of benzene rings is 1. The Morgan fingerprint density at radius 3 is 2.50 bits per heavy atom. The van der Waals surface area contributed by atoms with Crippen molar-refractivity contribution in [1.29, 1.82) is 0 Å². The lowest BCUT2D eigenvalue weighted by atomic mass is 9.60. The number of aromatic nitrogens is 2. The fourth-order valence-electron chi connectivity index (χ4n) is 2.97. The molecule has 18 heavy (non-hydrogen) atoms. The molecule has 0 unspecified atom stereocenters. The minimum Gasteiger partial charge on any atom is -0.237 e. The summed E-state index contributed by atoms with van der Waals surface area (Å²) in [6.45, 7) is 9.28. The summed E-state index contributed by atoms with van der Waals surface area (Å²) in [5.41, 5.74) is 5.38. The lowest BCUT2D eigenvalue weighted by Gasteiger charge is -2.47. The average molecular weight is 238 g/mol. The van der Waals surface area contributed by atoms with Gasteiger partial charge in [-0.2, -0.15) is 5.10 Å². The summed E-state index contributed by atoms with van der Waals surface area (Å²) in [6.07, 6.45) is 1.91. The van der Waals surface area contributed by atoms with Crippen LogP contribution in [-0.2, 0) is 10.8 Å². The Balaban J connectivity index is 2.41. The molecule has 0 fully saturated rings. The van der Waals surface area contributed by atoms with E-state index in [4.69, 9.17) is 0 Å². The zero-order chi connectivity index (χ0) is 13.1. The summed E-state index contributed by atoms with van der Waals surface area (Å²) >= 11 is 0. The Kier molecular flexibility index (Phi) is 2.11. The van der Waals surface area contributed by atoms with Crippen molar-refractivity contribution in [3.8, 4) is 5.69 Å². The maximum atomic E-state index is 4.52. The van der Waals surface area contributed by atoms with Crippen molar-refractivity contribution < 1.29 is 0 Å². The second kappa shape index (κ2) is 3.28. The van der Waals surface area contributed by atoms with Crippen LogP contribution in [0.1, 0.15) is 39.0 Å². The fourth-order valence-corrected chi connectivity index (χ4v) is 2.97. The van der Waals surface area contributed by atoms with E-state index in [-0.39, 0.29) is 10.8 Å². The number of fused-ring (bicyclic) bond motifs is 3. The van der Waals surface area contributed by atoms with E-state index in [2.05, 4.69) is 69.6 Å². The summed E-state index contributed by atoms with van der Waals surface area (Å²) in [5.74, 6) is 0. The number of hydrogen-bond donors (Lipinski definition) is 0. The van der Waals surface area contributed by atoms with Gasteiger partial charge >= 0.3 is 0 Å². The number of hydrogen-bond acceptors (Lipinski definition) is 1. The van der Waals surface area contributed by atoms with Crippen LogP contribution in [0, 0.1) is 0 Å². The third kappa shape index (κ3) is 1.22. The Bertz CT molecular complexity index is 623. The Hall–Kier alpha value is -1.51. The zero-order valence-electron chi connectivity index (χ0n) is 11.8. The van der Waals surface area contributed by atoms with Crippen LogP contribution in [0.25, 0.3) is 5.69 Å². The van der Waals surface area contributed by atoms with Gasteiger partial charge in [0.1, 0.15) is 7.85 Å². The van der Waals surface area contributed by atoms with Gasteiger partial charge in [0.2, 0.25) is 0 Å². The average Bonchev–Trinajstić information content (AvgIpc) is 2.76. The molecule has 2 heterocycles. The van der Waals surface area contributed by atoms with Crippen LogP contribution >= 0.6 is 0 Å². The van der Waals surface area contributed by atoms with Crippen molar-refractivity contribution in [2.45, 2.75) is 38.5 Å². The molecule has 0 amide bonds. The molecule has 1 aliphatic rings. The molecular weight excluding hydrogens is 219 g/mol. The van der Waals surface area contributed by atoms with E-state index in [1.165, 1.54) is 22.4 Å². The van der Waals surface area contributed by atoms with Crippen molar-refractivity contribution in [2.24, 2.45) is 0 Å². The molecule has 0 spiro atoms. The van der Waals surface area contributed by atoms with Gasteiger partial charge in [0.25, 0.3) is 0 Å². The largest absolute Gasteiger partial charge is 0.237 e. The van der Waals surface area contributed by atoms with E-state index in [1.54, 1.807) is 0 Å². The maximum Gasteiger partial charge on any atom is 0.139 e. The van der Waals surface area contributed by atoms with E-state index in [0.29, 0.717) is 0 Å². The van der Waals surface area contributed by atoms with E-state index in [9.17, 15) is 0 Å². The number of rotatable bonds is 0. The van der Waals surface area contributed by atoms with Gasteiger partial charge in [-0.05, 0) is 17.7 Å². The predicted octanol–water partition coefficient (Wildman–Crippen LogP) is 1.70. The molecular formula is C15H19BN2. The van der Waals surface area contributed by atoms with Crippen LogP contribution in [-0.4, -0.2) is 17.6 Å². The van der Waals surface area contributed by atoms with Gasteiger partial charge in [-0.25, -0.2) is 4.68 Å². The Morgan fingerprint density at radius 1 is 1.06 bits per heavy atom. The summed E-state index contributed by atoms with van der Waals surface area (Å²) in [7, 11) is 2.14. The van der Waals surface area contributed by atoms with Gasteiger partial charge in [-0.15, -0.1) is 0 Å².